The molecule has 0 aliphatic carbocycles. The molecule has 0 aliphatic rings. The van der Waals surface area contributed by atoms with Crippen molar-refractivity contribution in [3.8, 4) is 0 Å². The molecule has 1 aromatic carbocycles. The van der Waals surface area contributed by atoms with Gasteiger partial charge >= 0.3 is 0 Å². The van der Waals surface area contributed by atoms with E-state index in [-0.39, 0.29) is 11.2 Å². The van der Waals surface area contributed by atoms with Gasteiger partial charge in [0.05, 0.1) is 5.38 Å². The Kier molecular flexibility index (Phi) is 3.30. The summed E-state index contributed by atoms with van der Waals surface area (Å²) < 4.78 is 12.5. The zero-order valence-corrected chi connectivity index (χ0v) is 7.55. The summed E-state index contributed by atoms with van der Waals surface area (Å²) >= 11 is 5.95. The number of alkyl halides is 1. The van der Waals surface area contributed by atoms with E-state index in [1.807, 2.05) is 19.1 Å². The van der Waals surface area contributed by atoms with Gasteiger partial charge in [-0.2, -0.15) is 0 Å². The van der Waals surface area contributed by atoms with Crippen molar-refractivity contribution >= 4 is 11.6 Å². The van der Waals surface area contributed by atoms with Crippen LogP contribution >= 0.6 is 11.6 Å². The molecule has 1 unspecified atom stereocenters. The average Bonchev–Trinajstić information content (AvgIpc) is 2.06. The van der Waals surface area contributed by atoms with Crippen LogP contribution in [0.15, 0.2) is 36.4 Å². The SMILES string of the molecule is CC=CC(Cl)c1ccc(F)cc1. The van der Waals surface area contributed by atoms with E-state index >= 15 is 0 Å². The summed E-state index contributed by atoms with van der Waals surface area (Å²) in [5.74, 6) is -0.233. The summed E-state index contributed by atoms with van der Waals surface area (Å²) in [6, 6.07) is 6.20. The van der Waals surface area contributed by atoms with Crippen LogP contribution in [0.4, 0.5) is 4.39 Å². The summed E-state index contributed by atoms with van der Waals surface area (Å²) in [5.41, 5.74) is 0.913. The van der Waals surface area contributed by atoms with Crippen LogP contribution in [0.5, 0.6) is 0 Å². The number of rotatable bonds is 2. The Morgan fingerprint density at radius 2 is 1.92 bits per heavy atom. The average molecular weight is 185 g/mol. The molecule has 1 atom stereocenters. The summed E-state index contributed by atoms with van der Waals surface area (Å²) in [4.78, 5) is 0. The smallest absolute Gasteiger partial charge is 0.123 e. The summed E-state index contributed by atoms with van der Waals surface area (Å²) in [6.07, 6.45) is 3.73. The number of hydrogen-bond donors (Lipinski definition) is 0. The number of benzene rings is 1. The summed E-state index contributed by atoms with van der Waals surface area (Å²) in [5, 5.41) is -0.157. The third kappa shape index (κ3) is 2.35. The van der Waals surface area contributed by atoms with E-state index in [9.17, 15) is 4.39 Å². The standard InChI is InChI=1S/C10H10ClF/c1-2-3-10(11)8-4-6-9(12)7-5-8/h2-7,10H,1H3. The van der Waals surface area contributed by atoms with Crippen LogP contribution in [-0.4, -0.2) is 0 Å². The van der Waals surface area contributed by atoms with Gasteiger partial charge in [-0.15, -0.1) is 11.6 Å². The zero-order valence-electron chi connectivity index (χ0n) is 6.80. The van der Waals surface area contributed by atoms with Crippen molar-refractivity contribution in [1.29, 1.82) is 0 Å². The molecule has 0 aliphatic heterocycles. The largest absolute Gasteiger partial charge is 0.207 e. The van der Waals surface area contributed by atoms with Crippen molar-refractivity contribution in [1.82, 2.24) is 0 Å². The molecule has 0 bridgehead atoms. The highest BCUT2D eigenvalue weighted by Gasteiger charge is 2.01. The predicted molar refractivity (Wildman–Crippen MR) is 49.8 cm³/mol. The van der Waals surface area contributed by atoms with Gasteiger partial charge in [0, 0.05) is 0 Å². The van der Waals surface area contributed by atoms with Gasteiger partial charge in [0.2, 0.25) is 0 Å². The molecule has 2 heteroatoms. The predicted octanol–water partition coefficient (Wildman–Crippen LogP) is 3.68. The van der Waals surface area contributed by atoms with Crippen molar-refractivity contribution in [2.75, 3.05) is 0 Å². The molecule has 0 radical (unpaired) electrons. The fourth-order valence-corrected chi connectivity index (χ4v) is 1.22. The molecule has 0 fully saturated rings. The maximum absolute atomic E-state index is 12.5. The Hall–Kier alpha value is -0.820. The first-order valence-electron chi connectivity index (χ1n) is 3.76. The van der Waals surface area contributed by atoms with E-state index in [1.54, 1.807) is 12.1 Å². The van der Waals surface area contributed by atoms with Gasteiger partial charge in [-0.05, 0) is 24.6 Å². The first-order chi connectivity index (χ1) is 5.74. The molecule has 0 amide bonds. The second kappa shape index (κ2) is 4.27. The Balaban J connectivity index is 2.82. The van der Waals surface area contributed by atoms with Crippen LogP contribution in [0.2, 0.25) is 0 Å². The molecule has 0 N–H and O–H groups in total. The minimum Gasteiger partial charge on any atom is -0.207 e. The lowest BCUT2D eigenvalue weighted by Gasteiger charge is -2.02. The van der Waals surface area contributed by atoms with Crippen molar-refractivity contribution in [3.05, 3.63) is 47.8 Å². The van der Waals surface area contributed by atoms with E-state index < -0.39 is 0 Å². The number of hydrogen-bond acceptors (Lipinski definition) is 0. The van der Waals surface area contributed by atoms with Crippen LogP contribution in [-0.2, 0) is 0 Å². The molecular formula is C10H10ClF. The van der Waals surface area contributed by atoms with Crippen LogP contribution < -0.4 is 0 Å². The van der Waals surface area contributed by atoms with Gasteiger partial charge in [-0.3, -0.25) is 0 Å². The van der Waals surface area contributed by atoms with Gasteiger partial charge < -0.3 is 0 Å². The van der Waals surface area contributed by atoms with Crippen molar-refractivity contribution in [3.63, 3.8) is 0 Å². The zero-order chi connectivity index (χ0) is 8.97. The topological polar surface area (TPSA) is 0 Å². The fraction of sp³-hybridized carbons (Fsp3) is 0.200. The monoisotopic (exact) mass is 184 g/mol. The molecule has 0 heterocycles. The lowest BCUT2D eigenvalue weighted by molar-refractivity contribution is 0.627. The van der Waals surface area contributed by atoms with E-state index in [4.69, 9.17) is 11.6 Å². The van der Waals surface area contributed by atoms with Gasteiger partial charge in [0.1, 0.15) is 5.82 Å². The number of halogens is 2. The van der Waals surface area contributed by atoms with E-state index in [1.165, 1.54) is 12.1 Å². The second-order valence-corrected chi connectivity index (χ2v) is 2.95. The second-order valence-electron chi connectivity index (χ2n) is 2.48. The maximum atomic E-state index is 12.5. The first kappa shape index (κ1) is 9.27. The fourth-order valence-electron chi connectivity index (χ4n) is 0.927. The third-order valence-corrected chi connectivity index (χ3v) is 1.95. The molecule has 0 saturated heterocycles. The van der Waals surface area contributed by atoms with E-state index in [0.29, 0.717) is 0 Å². The quantitative estimate of drug-likeness (QED) is 0.486. The lowest BCUT2D eigenvalue weighted by atomic mass is 10.1. The normalized spacial score (nSPS) is 13.6. The van der Waals surface area contributed by atoms with Crippen LogP contribution in [0, 0.1) is 5.82 Å². The lowest BCUT2D eigenvalue weighted by Crippen LogP contribution is -1.85. The van der Waals surface area contributed by atoms with Crippen molar-refractivity contribution < 1.29 is 4.39 Å². The molecular weight excluding hydrogens is 175 g/mol. The minimum absolute atomic E-state index is 0.157. The minimum atomic E-state index is -0.233. The molecule has 0 nitrogen and oxygen atoms in total. The molecule has 1 aromatic rings. The Morgan fingerprint density at radius 1 is 1.33 bits per heavy atom. The van der Waals surface area contributed by atoms with Crippen molar-refractivity contribution in [2.45, 2.75) is 12.3 Å². The van der Waals surface area contributed by atoms with E-state index in [0.717, 1.165) is 5.56 Å². The highest BCUT2D eigenvalue weighted by Crippen LogP contribution is 2.21. The number of allylic oxidation sites excluding steroid dienone is 2. The molecule has 1 rings (SSSR count). The summed E-state index contributed by atoms with van der Waals surface area (Å²) in [7, 11) is 0. The van der Waals surface area contributed by atoms with Crippen LogP contribution in [0.25, 0.3) is 0 Å². The Labute approximate surface area is 76.7 Å². The highest BCUT2D eigenvalue weighted by atomic mass is 35.5. The van der Waals surface area contributed by atoms with Gasteiger partial charge in [0.15, 0.2) is 0 Å². The summed E-state index contributed by atoms with van der Waals surface area (Å²) in [6.45, 7) is 1.90. The first-order valence-corrected chi connectivity index (χ1v) is 4.20. The van der Waals surface area contributed by atoms with Crippen LogP contribution in [0.3, 0.4) is 0 Å². The molecule has 0 saturated carbocycles. The Bertz CT molecular complexity index is 264. The van der Waals surface area contributed by atoms with E-state index in [2.05, 4.69) is 0 Å². The third-order valence-electron chi connectivity index (χ3n) is 1.55. The van der Waals surface area contributed by atoms with Crippen molar-refractivity contribution in [2.24, 2.45) is 0 Å². The maximum Gasteiger partial charge on any atom is 0.123 e. The van der Waals surface area contributed by atoms with Gasteiger partial charge in [0.25, 0.3) is 0 Å². The molecule has 0 spiro atoms. The van der Waals surface area contributed by atoms with Crippen LogP contribution in [0.1, 0.15) is 17.9 Å². The van der Waals surface area contributed by atoms with Gasteiger partial charge in [-0.25, -0.2) is 4.39 Å². The molecule has 0 aromatic heterocycles. The molecule has 12 heavy (non-hydrogen) atoms. The van der Waals surface area contributed by atoms with Gasteiger partial charge in [-0.1, -0.05) is 24.3 Å². The molecule has 64 valence electrons. The Morgan fingerprint density at radius 3 is 2.42 bits per heavy atom. The highest BCUT2D eigenvalue weighted by molar-refractivity contribution is 6.21.